The van der Waals surface area contributed by atoms with Crippen molar-refractivity contribution in [2.24, 2.45) is 5.92 Å². The first kappa shape index (κ1) is 28.1. The molecule has 4 aromatic rings. The maximum Gasteiger partial charge on any atom is 0.251 e. The molecule has 0 aliphatic heterocycles. The highest BCUT2D eigenvalue weighted by atomic mass is 19.1. The molecule has 2 fully saturated rings. The van der Waals surface area contributed by atoms with Gasteiger partial charge in [-0.3, -0.25) is 4.79 Å². The third-order valence-corrected chi connectivity index (χ3v) is 8.01. The molecule has 0 saturated heterocycles. The molecule has 218 valence electrons. The topological polar surface area (TPSA) is 97.2 Å². The van der Waals surface area contributed by atoms with Crippen LogP contribution in [-0.2, 0) is 5.60 Å². The number of benzene rings is 2. The van der Waals surface area contributed by atoms with Crippen molar-refractivity contribution < 1.29 is 27.8 Å². The summed E-state index contributed by atoms with van der Waals surface area (Å²) >= 11 is 0. The molecule has 2 aromatic heterocycles. The normalized spacial score (nSPS) is 16.0. The fourth-order valence-corrected chi connectivity index (χ4v) is 5.44. The SMILES string of the molecule is COc1cc(C(=O)NCC(c2nc(-c3ccc(F)cc3)c(F)c(C(C)(C)O)c2F)C2CC2)cc2cc(C3CC3)nnc12. The zero-order valence-electron chi connectivity index (χ0n) is 23.5. The van der Waals surface area contributed by atoms with Gasteiger partial charge < -0.3 is 15.2 Å². The highest BCUT2D eigenvalue weighted by Crippen LogP contribution is 2.45. The number of halogens is 3. The van der Waals surface area contributed by atoms with Crippen LogP contribution in [0.15, 0.2) is 42.5 Å². The van der Waals surface area contributed by atoms with Crippen molar-refractivity contribution in [3.63, 3.8) is 0 Å². The maximum absolute atomic E-state index is 16.0. The maximum atomic E-state index is 16.0. The predicted molar refractivity (Wildman–Crippen MR) is 151 cm³/mol. The van der Waals surface area contributed by atoms with E-state index in [9.17, 15) is 14.3 Å². The zero-order valence-corrected chi connectivity index (χ0v) is 23.5. The zero-order chi connectivity index (χ0) is 29.8. The first-order chi connectivity index (χ1) is 20.0. The number of ether oxygens (including phenoxy) is 1. The molecule has 1 atom stereocenters. The molecule has 1 amide bonds. The number of aliphatic hydroxyl groups is 1. The van der Waals surface area contributed by atoms with Crippen LogP contribution in [0.1, 0.15) is 78.7 Å². The summed E-state index contributed by atoms with van der Waals surface area (Å²) in [7, 11) is 1.50. The van der Waals surface area contributed by atoms with Crippen LogP contribution in [0, 0.1) is 23.4 Å². The molecule has 2 N–H and O–H groups in total. The second-order valence-electron chi connectivity index (χ2n) is 11.7. The Morgan fingerprint density at radius 3 is 2.38 bits per heavy atom. The van der Waals surface area contributed by atoms with Crippen molar-refractivity contribution in [2.45, 2.75) is 57.0 Å². The number of methoxy groups -OCH3 is 1. The van der Waals surface area contributed by atoms with Crippen LogP contribution in [0.2, 0.25) is 0 Å². The Hall–Kier alpha value is -4.05. The Bertz CT molecular complexity index is 1680. The Morgan fingerprint density at radius 1 is 1.05 bits per heavy atom. The number of aromatic nitrogens is 3. The van der Waals surface area contributed by atoms with Crippen molar-refractivity contribution in [2.75, 3.05) is 13.7 Å². The molecule has 2 aliphatic rings. The Kier molecular flexibility index (Phi) is 7.12. The van der Waals surface area contributed by atoms with Gasteiger partial charge in [-0.15, -0.1) is 5.10 Å². The summed E-state index contributed by atoms with van der Waals surface area (Å²) in [5.41, 5.74) is -0.578. The number of nitrogens with one attached hydrogen (secondary N) is 1. The van der Waals surface area contributed by atoms with E-state index in [4.69, 9.17) is 4.74 Å². The molecule has 2 saturated carbocycles. The largest absolute Gasteiger partial charge is 0.494 e. The summed E-state index contributed by atoms with van der Waals surface area (Å²) in [4.78, 5) is 17.8. The summed E-state index contributed by atoms with van der Waals surface area (Å²) < 4.78 is 50.7. The van der Waals surface area contributed by atoms with Crippen LogP contribution in [0.25, 0.3) is 22.2 Å². The van der Waals surface area contributed by atoms with Crippen LogP contribution < -0.4 is 10.1 Å². The van der Waals surface area contributed by atoms with Crippen molar-refractivity contribution in [3.05, 3.63) is 82.4 Å². The lowest BCUT2D eigenvalue weighted by atomic mass is 9.90. The first-order valence-corrected chi connectivity index (χ1v) is 14.1. The van der Waals surface area contributed by atoms with Crippen LogP contribution >= 0.6 is 0 Å². The van der Waals surface area contributed by atoms with Crippen molar-refractivity contribution >= 4 is 16.8 Å². The van der Waals surface area contributed by atoms with E-state index < -0.39 is 40.4 Å². The summed E-state index contributed by atoms with van der Waals surface area (Å²) in [6, 6.07) is 10.3. The lowest BCUT2D eigenvalue weighted by Gasteiger charge is -2.25. The van der Waals surface area contributed by atoms with Gasteiger partial charge in [0, 0.05) is 34.9 Å². The summed E-state index contributed by atoms with van der Waals surface area (Å²) in [6.45, 7) is 2.63. The Labute approximate surface area is 241 Å². The molecule has 6 rings (SSSR count). The van der Waals surface area contributed by atoms with Gasteiger partial charge in [-0.05, 0) is 87.9 Å². The molecular formula is C32H31F3N4O3. The van der Waals surface area contributed by atoms with Gasteiger partial charge in [-0.1, -0.05) is 0 Å². The number of hydrogen-bond donors (Lipinski definition) is 2. The van der Waals surface area contributed by atoms with Crippen molar-refractivity contribution in [1.82, 2.24) is 20.5 Å². The minimum absolute atomic E-state index is 0.0102. The molecule has 42 heavy (non-hydrogen) atoms. The van der Waals surface area contributed by atoms with Gasteiger partial charge >= 0.3 is 0 Å². The van der Waals surface area contributed by atoms with Crippen LogP contribution in [0.3, 0.4) is 0 Å². The summed E-state index contributed by atoms with van der Waals surface area (Å²) in [5.74, 6) is -2.63. The number of carbonyl (C=O) groups is 1. The number of pyridine rings is 1. The van der Waals surface area contributed by atoms with Crippen molar-refractivity contribution in [3.8, 4) is 17.0 Å². The van der Waals surface area contributed by atoms with Gasteiger partial charge in [-0.25, -0.2) is 18.2 Å². The van der Waals surface area contributed by atoms with E-state index in [-0.39, 0.29) is 29.4 Å². The van der Waals surface area contributed by atoms with Gasteiger partial charge in [-0.2, -0.15) is 5.10 Å². The fraction of sp³-hybridized carbons (Fsp3) is 0.375. The molecule has 2 aromatic carbocycles. The molecule has 0 spiro atoms. The van der Waals surface area contributed by atoms with Gasteiger partial charge in [0.15, 0.2) is 11.6 Å². The van der Waals surface area contributed by atoms with Gasteiger partial charge in [0.05, 0.1) is 29.7 Å². The number of nitrogens with zero attached hydrogens (tertiary/aromatic N) is 3. The van der Waals surface area contributed by atoms with E-state index in [0.717, 1.165) is 36.8 Å². The predicted octanol–water partition coefficient (Wildman–Crippen LogP) is 6.15. The van der Waals surface area contributed by atoms with Crippen LogP contribution in [0.5, 0.6) is 5.75 Å². The lowest BCUT2D eigenvalue weighted by Crippen LogP contribution is -2.31. The number of hydrogen-bond acceptors (Lipinski definition) is 6. The molecule has 2 heterocycles. The minimum Gasteiger partial charge on any atom is -0.494 e. The summed E-state index contributed by atoms with van der Waals surface area (Å²) in [5, 5.41) is 23.0. The van der Waals surface area contributed by atoms with Crippen molar-refractivity contribution in [1.29, 1.82) is 0 Å². The van der Waals surface area contributed by atoms with E-state index in [1.54, 1.807) is 12.1 Å². The number of amides is 1. The van der Waals surface area contributed by atoms with E-state index in [1.807, 2.05) is 6.07 Å². The molecule has 2 aliphatic carbocycles. The molecule has 0 bridgehead atoms. The molecule has 0 radical (unpaired) electrons. The second kappa shape index (κ2) is 10.7. The lowest BCUT2D eigenvalue weighted by molar-refractivity contribution is 0.0696. The smallest absolute Gasteiger partial charge is 0.251 e. The van der Waals surface area contributed by atoms with Gasteiger partial charge in [0.1, 0.15) is 22.8 Å². The highest BCUT2D eigenvalue weighted by molar-refractivity contribution is 5.99. The number of carbonyl (C=O) groups excluding carboxylic acids is 1. The third kappa shape index (κ3) is 5.43. The number of fused-ring (bicyclic) bond motifs is 1. The molecular weight excluding hydrogens is 545 g/mol. The fourth-order valence-electron chi connectivity index (χ4n) is 5.44. The van der Waals surface area contributed by atoms with E-state index in [0.29, 0.717) is 22.7 Å². The first-order valence-electron chi connectivity index (χ1n) is 14.1. The molecule has 1 unspecified atom stereocenters. The Morgan fingerprint density at radius 2 is 1.76 bits per heavy atom. The highest BCUT2D eigenvalue weighted by Gasteiger charge is 2.39. The average molecular weight is 577 g/mol. The van der Waals surface area contributed by atoms with Gasteiger partial charge in [0.25, 0.3) is 5.91 Å². The minimum atomic E-state index is -1.86. The van der Waals surface area contributed by atoms with Crippen LogP contribution in [-0.4, -0.2) is 39.8 Å². The molecule has 7 nitrogen and oxygen atoms in total. The monoisotopic (exact) mass is 576 g/mol. The number of rotatable bonds is 9. The molecule has 10 heteroatoms. The standard InChI is InChI=1S/C32H31F3N4O3/c1-32(2,41)25-26(34)29(18-8-10-21(33)11-9-18)37-30(27(25)35)22(16-4-5-16)15-36-31(40)20-12-19-13-23(17-6-7-17)38-39-28(19)24(14-20)42-3/h8-14,16-17,22,41H,4-7,15H2,1-3H3,(H,36,40). The second-order valence-corrected chi connectivity index (χ2v) is 11.7. The quantitative estimate of drug-likeness (QED) is 0.248. The van der Waals surface area contributed by atoms with Gasteiger partial charge in [0.2, 0.25) is 0 Å². The van der Waals surface area contributed by atoms with E-state index >= 15 is 8.78 Å². The van der Waals surface area contributed by atoms with E-state index in [1.165, 1.54) is 45.2 Å². The van der Waals surface area contributed by atoms with Crippen LogP contribution in [0.4, 0.5) is 13.2 Å². The Balaban J connectivity index is 1.34. The summed E-state index contributed by atoms with van der Waals surface area (Å²) in [6.07, 6.45) is 3.70. The third-order valence-electron chi connectivity index (χ3n) is 8.01. The van der Waals surface area contributed by atoms with E-state index in [2.05, 4.69) is 20.5 Å². The average Bonchev–Trinajstić information content (AvgIpc) is 3.87.